The van der Waals surface area contributed by atoms with Gasteiger partial charge in [0.25, 0.3) is 10.1 Å². The molecule has 12 heteroatoms. The Balaban J connectivity index is 1.07. The van der Waals surface area contributed by atoms with E-state index in [1.165, 1.54) is 36.4 Å². The van der Waals surface area contributed by atoms with E-state index in [4.69, 9.17) is 18.8 Å². The van der Waals surface area contributed by atoms with Crippen molar-refractivity contribution in [1.82, 2.24) is 0 Å². The van der Waals surface area contributed by atoms with Gasteiger partial charge in [0.2, 0.25) is 0 Å². The van der Waals surface area contributed by atoms with Gasteiger partial charge < -0.3 is 24.2 Å². The van der Waals surface area contributed by atoms with E-state index in [-0.39, 0.29) is 10.6 Å². The maximum absolute atomic E-state index is 12.9. The lowest BCUT2D eigenvalue weighted by Crippen LogP contribution is -2.36. The minimum absolute atomic E-state index is 0.0485. The summed E-state index contributed by atoms with van der Waals surface area (Å²) < 4.78 is 50.7. The van der Waals surface area contributed by atoms with Crippen LogP contribution in [0.5, 0.6) is 23.0 Å². The van der Waals surface area contributed by atoms with Crippen molar-refractivity contribution in [1.29, 1.82) is 0 Å². The van der Waals surface area contributed by atoms with Gasteiger partial charge in [-0.05, 0) is 110 Å². The van der Waals surface area contributed by atoms with E-state index in [0.29, 0.717) is 65.6 Å². The van der Waals surface area contributed by atoms with Crippen LogP contribution in [-0.2, 0) is 23.1 Å². The van der Waals surface area contributed by atoms with Gasteiger partial charge in [0, 0.05) is 31.4 Å². The maximum atomic E-state index is 12.9. The highest BCUT2D eigenvalue weighted by Gasteiger charge is 2.17. The second kappa shape index (κ2) is 15.7. The maximum Gasteiger partial charge on any atom is 0.343 e. The quantitative estimate of drug-likeness (QED) is 0.0677. The summed E-state index contributed by atoms with van der Waals surface area (Å²) in [6.45, 7) is 5.27. The highest BCUT2D eigenvalue weighted by atomic mass is 32.2. The van der Waals surface area contributed by atoms with Crippen LogP contribution < -0.4 is 23.7 Å². The average Bonchev–Trinajstić information content (AvgIpc) is 3.11. The smallest absolute Gasteiger partial charge is 0.343 e. The largest absolute Gasteiger partial charge is 0.508 e. The van der Waals surface area contributed by atoms with Crippen molar-refractivity contribution >= 4 is 27.7 Å². The van der Waals surface area contributed by atoms with Gasteiger partial charge in [0.1, 0.15) is 29.6 Å². The predicted molar refractivity (Wildman–Crippen MR) is 186 cm³/mol. The number of pyridine rings is 1. The lowest BCUT2D eigenvalue weighted by Gasteiger charge is -2.18. The number of rotatable bonds is 13. The van der Waals surface area contributed by atoms with Crippen molar-refractivity contribution in [2.24, 2.45) is 0 Å². The molecule has 0 fully saturated rings. The number of ether oxygens (including phenoxy) is 3. The number of likely N-dealkylation sites (N-methyl/N-ethyl adjacent to an activating group) is 1. The zero-order valence-corrected chi connectivity index (χ0v) is 28.6. The number of carbonyl (C=O) groups excluding carboxylic acids is 2. The normalized spacial score (nSPS) is 11.1. The van der Waals surface area contributed by atoms with Gasteiger partial charge in [0.15, 0.2) is 18.9 Å². The van der Waals surface area contributed by atoms with Crippen molar-refractivity contribution < 1.29 is 46.4 Å². The van der Waals surface area contributed by atoms with Crippen LogP contribution in [0, 0.1) is 13.8 Å². The molecule has 0 atom stereocenters. The fourth-order valence-electron chi connectivity index (χ4n) is 4.97. The average molecular weight is 698 g/mol. The Hall–Kier alpha value is -5.72. The zero-order valence-electron chi connectivity index (χ0n) is 27.8. The molecule has 0 saturated heterocycles. The molecule has 0 aliphatic heterocycles. The van der Waals surface area contributed by atoms with Gasteiger partial charge in [-0.25, -0.2) is 14.2 Å². The second-order valence-corrected chi connectivity index (χ2v) is 13.0. The first-order chi connectivity index (χ1) is 23.9. The summed E-state index contributed by atoms with van der Waals surface area (Å²) in [7, 11) is -2.22. The molecule has 5 aromatic rings. The number of phenolic OH excluding ortho intramolecular Hbond substituents is 1. The molecule has 0 bridgehead atoms. The molecule has 4 aromatic carbocycles. The third kappa shape index (κ3) is 9.24. The molecule has 2 N–H and O–H groups in total. The predicted octanol–water partition coefficient (Wildman–Crippen LogP) is 5.74. The Labute approximate surface area is 290 Å². The Bertz CT molecular complexity index is 2060. The molecule has 11 nitrogen and oxygen atoms in total. The van der Waals surface area contributed by atoms with Crippen molar-refractivity contribution in [3.63, 3.8) is 0 Å². The van der Waals surface area contributed by atoms with E-state index in [1.54, 1.807) is 62.4 Å². The van der Waals surface area contributed by atoms with Crippen LogP contribution in [0.3, 0.4) is 0 Å². The molecular weight excluding hydrogens is 660 g/mol. The van der Waals surface area contributed by atoms with Gasteiger partial charge in [-0.1, -0.05) is 12.1 Å². The van der Waals surface area contributed by atoms with Crippen molar-refractivity contribution in [3.05, 3.63) is 137 Å². The minimum atomic E-state index is -4.20. The number of hydrogen-bond donors (Lipinski definition) is 2. The van der Waals surface area contributed by atoms with Crippen LogP contribution in [0.2, 0.25) is 0 Å². The van der Waals surface area contributed by atoms with Gasteiger partial charge in [0.05, 0.1) is 16.0 Å². The van der Waals surface area contributed by atoms with Crippen LogP contribution in [0.1, 0.15) is 37.4 Å². The summed E-state index contributed by atoms with van der Waals surface area (Å²) >= 11 is 0. The first kappa shape index (κ1) is 35.6. The monoisotopic (exact) mass is 697 g/mol. The molecular formula is C38H37N2O9S+. The molecule has 0 radical (unpaired) electrons. The topological polar surface area (TPSA) is 144 Å². The number of benzene rings is 4. The van der Waals surface area contributed by atoms with Gasteiger partial charge >= 0.3 is 11.9 Å². The number of aromatic nitrogens is 1. The van der Waals surface area contributed by atoms with E-state index in [2.05, 4.69) is 4.90 Å². The van der Waals surface area contributed by atoms with E-state index in [1.807, 2.05) is 36.1 Å². The number of hydrogen-bond acceptors (Lipinski definition) is 9. The number of anilines is 1. The molecule has 0 aliphatic rings. The first-order valence-electron chi connectivity index (χ1n) is 15.7. The number of aromatic hydroxyl groups is 1. The Morgan fingerprint density at radius 3 is 1.78 bits per heavy atom. The lowest BCUT2D eigenvalue weighted by molar-refractivity contribution is -0.697. The Kier molecular flexibility index (Phi) is 11.1. The summed E-state index contributed by atoms with van der Waals surface area (Å²) in [6.07, 6.45) is 4.63. The van der Waals surface area contributed by atoms with E-state index in [9.17, 15) is 23.1 Å². The Morgan fingerprint density at radius 2 is 1.26 bits per heavy atom. The molecule has 1 heterocycles. The fraction of sp³-hybridized carbons (Fsp3) is 0.184. The lowest BCUT2D eigenvalue weighted by atomic mass is 10.1. The Morgan fingerprint density at radius 1 is 0.740 bits per heavy atom. The van der Waals surface area contributed by atoms with Crippen LogP contribution in [-0.4, -0.2) is 50.2 Å². The van der Waals surface area contributed by atoms with Crippen LogP contribution >= 0.6 is 0 Å². The molecule has 0 amide bonds. The zero-order chi connectivity index (χ0) is 35.8. The van der Waals surface area contributed by atoms with E-state index >= 15 is 0 Å². The van der Waals surface area contributed by atoms with Gasteiger partial charge in [-0.15, -0.1) is 0 Å². The van der Waals surface area contributed by atoms with Crippen molar-refractivity contribution in [3.8, 4) is 23.0 Å². The molecule has 0 spiro atoms. The summed E-state index contributed by atoms with van der Waals surface area (Å²) in [6, 6.07) is 25.8. The number of phenols is 1. The highest BCUT2D eigenvalue weighted by Crippen LogP contribution is 2.30. The minimum Gasteiger partial charge on any atom is -0.508 e. The van der Waals surface area contributed by atoms with Crippen LogP contribution in [0.4, 0.5) is 5.69 Å². The van der Waals surface area contributed by atoms with Gasteiger partial charge in [-0.3, -0.25) is 4.55 Å². The van der Waals surface area contributed by atoms with Crippen LogP contribution in [0.15, 0.2) is 114 Å². The summed E-state index contributed by atoms with van der Waals surface area (Å²) in [4.78, 5) is 27.4. The van der Waals surface area contributed by atoms with E-state index < -0.39 is 22.1 Å². The van der Waals surface area contributed by atoms with Crippen molar-refractivity contribution in [2.75, 3.05) is 25.1 Å². The molecule has 258 valence electrons. The summed E-state index contributed by atoms with van der Waals surface area (Å²) in [5.41, 5.74) is 3.92. The third-order valence-corrected chi connectivity index (χ3v) is 9.04. The molecule has 0 aliphatic carbocycles. The van der Waals surface area contributed by atoms with Crippen molar-refractivity contribution in [2.45, 2.75) is 31.7 Å². The number of carbonyl (C=O) groups is 2. The fourth-order valence-corrected chi connectivity index (χ4v) is 5.45. The van der Waals surface area contributed by atoms with Gasteiger partial charge in [-0.2, -0.15) is 8.42 Å². The highest BCUT2D eigenvalue weighted by molar-refractivity contribution is 7.85. The molecule has 0 saturated carbocycles. The van der Waals surface area contributed by atoms with Crippen LogP contribution in [0.25, 0.3) is 0 Å². The SMILES string of the molecule is Cc1c(OC(=O)c2ccc(O)cc2)ccc(OC(=O)c2ccc(OCC[n+]3ccc(N(C)CCc4ccc(S(=O)(=O)O)cc4)cc3)cc2)c1C. The molecule has 5 rings (SSSR count). The molecule has 50 heavy (non-hydrogen) atoms. The van der Waals surface area contributed by atoms with E-state index in [0.717, 1.165) is 11.3 Å². The second-order valence-electron chi connectivity index (χ2n) is 11.6. The molecule has 1 aromatic heterocycles. The number of esters is 2. The number of nitrogens with zero attached hydrogens (tertiary/aromatic N) is 2. The standard InChI is InChI=1S/C38H36N2O9S/c1-26-27(2)36(17-16-35(26)48-37(42)29-6-10-32(41)11-7-29)49-38(43)30-8-12-33(13-9-30)47-25-24-40-22-19-31(20-23-40)39(3)21-18-28-4-14-34(15-5-28)50(44,45)46/h4-17,19-20,22-23H,18,21,24-25H2,1-3H3,(H-,41,42,44,45,46)/p+1. The summed E-state index contributed by atoms with van der Waals surface area (Å²) in [5.74, 6) is 0.232. The summed E-state index contributed by atoms with van der Waals surface area (Å²) in [5, 5.41) is 9.44. The molecule has 0 unspecified atom stereocenters. The first-order valence-corrected chi connectivity index (χ1v) is 17.1. The third-order valence-electron chi connectivity index (χ3n) is 8.18.